The number of hydrogen-bond acceptors (Lipinski definition) is 4. The third-order valence-electron chi connectivity index (χ3n) is 3.84. The summed E-state index contributed by atoms with van der Waals surface area (Å²) < 4.78 is 0. The molecule has 0 bridgehead atoms. The number of rotatable bonds is 5. The second-order valence-corrected chi connectivity index (χ2v) is 5.44. The van der Waals surface area contributed by atoms with Gasteiger partial charge in [-0.3, -0.25) is 29.0 Å². The molecule has 0 aromatic heterocycles. The maximum atomic E-state index is 11.9. The van der Waals surface area contributed by atoms with E-state index in [0.29, 0.717) is 17.6 Å². The highest BCUT2D eigenvalue weighted by Crippen LogP contribution is 2.19. The molecule has 0 radical (unpaired) electrons. The van der Waals surface area contributed by atoms with Gasteiger partial charge in [-0.05, 0) is 26.2 Å². The molecule has 0 spiro atoms. The minimum Gasteiger partial charge on any atom is -0.275 e. The van der Waals surface area contributed by atoms with Crippen molar-refractivity contribution in [3.8, 4) is 0 Å². The Morgan fingerprint density at radius 2 is 1.24 bits per heavy atom. The van der Waals surface area contributed by atoms with Gasteiger partial charge in [0.1, 0.15) is 0 Å². The highest BCUT2D eigenvalue weighted by molar-refractivity contribution is 6.16. The molecule has 2 rings (SSSR count). The molecular weight excluding hydrogens is 272 g/mol. The molecule has 6 heteroatoms. The summed E-state index contributed by atoms with van der Waals surface area (Å²) >= 11 is 0. The van der Waals surface area contributed by atoms with E-state index in [9.17, 15) is 19.2 Å². The van der Waals surface area contributed by atoms with Crippen LogP contribution in [0.1, 0.15) is 27.2 Å². The van der Waals surface area contributed by atoms with E-state index in [-0.39, 0.29) is 42.6 Å². The molecule has 0 atom stereocenters. The fourth-order valence-electron chi connectivity index (χ4n) is 2.45. The van der Waals surface area contributed by atoms with Gasteiger partial charge in [0, 0.05) is 36.4 Å². The zero-order valence-corrected chi connectivity index (χ0v) is 12.4. The third kappa shape index (κ3) is 2.79. The van der Waals surface area contributed by atoms with Crippen molar-refractivity contribution >= 4 is 23.6 Å². The van der Waals surface area contributed by atoms with Crippen molar-refractivity contribution in [3.63, 3.8) is 0 Å². The van der Waals surface area contributed by atoms with Gasteiger partial charge >= 0.3 is 0 Å². The van der Waals surface area contributed by atoms with Gasteiger partial charge in [0.15, 0.2) is 0 Å². The van der Waals surface area contributed by atoms with Crippen LogP contribution in [0.2, 0.25) is 0 Å². The summed E-state index contributed by atoms with van der Waals surface area (Å²) in [4.78, 5) is 49.5. The van der Waals surface area contributed by atoms with Crippen LogP contribution in [0.25, 0.3) is 0 Å². The maximum Gasteiger partial charge on any atom is 0.256 e. The Morgan fingerprint density at radius 1 is 0.857 bits per heavy atom. The topological polar surface area (TPSA) is 74.8 Å². The molecule has 0 unspecified atom stereocenters. The van der Waals surface area contributed by atoms with Gasteiger partial charge < -0.3 is 0 Å². The zero-order chi connectivity index (χ0) is 15.7. The predicted octanol–water partition coefficient (Wildman–Crippen LogP) is 0.643. The van der Waals surface area contributed by atoms with Crippen LogP contribution in [-0.4, -0.2) is 46.5 Å². The standard InChI is InChI=1S/C15H18N2O4/c1-4-11(7-16-12(18)5-9(2)14(16)20)8-17-13(19)6-10(3)15(17)21/h5-6,11H,4,7-8H2,1-3H3. The molecule has 2 heterocycles. The Balaban J connectivity index is 2.02. The summed E-state index contributed by atoms with van der Waals surface area (Å²) in [6.07, 6.45) is 3.28. The molecule has 0 fully saturated rings. The minimum atomic E-state index is -0.329. The van der Waals surface area contributed by atoms with Gasteiger partial charge in [0.2, 0.25) is 0 Å². The number of amides is 4. The van der Waals surface area contributed by atoms with E-state index in [4.69, 9.17) is 0 Å². The fourth-order valence-corrected chi connectivity index (χ4v) is 2.45. The first kappa shape index (κ1) is 15.2. The summed E-state index contributed by atoms with van der Waals surface area (Å²) in [7, 11) is 0. The summed E-state index contributed by atoms with van der Waals surface area (Å²) in [6.45, 7) is 5.54. The lowest BCUT2D eigenvalue weighted by molar-refractivity contribution is -0.138. The first-order valence-electron chi connectivity index (χ1n) is 6.93. The van der Waals surface area contributed by atoms with Crippen molar-refractivity contribution in [1.29, 1.82) is 0 Å². The van der Waals surface area contributed by atoms with Gasteiger partial charge in [0.05, 0.1) is 0 Å². The molecule has 0 aromatic rings. The zero-order valence-electron chi connectivity index (χ0n) is 12.4. The largest absolute Gasteiger partial charge is 0.275 e. The van der Waals surface area contributed by atoms with E-state index >= 15 is 0 Å². The van der Waals surface area contributed by atoms with Crippen molar-refractivity contribution in [1.82, 2.24) is 9.80 Å². The number of carbonyl (C=O) groups excluding carboxylic acids is 4. The Bertz CT molecular complexity index is 538. The first-order valence-corrected chi connectivity index (χ1v) is 6.93. The predicted molar refractivity (Wildman–Crippen MR) is 74.7 cm³/mol. The normalized spacial score (nSPS) is 19.0. The molecular formula is C15H18N2O4. The monoisotopic (exact) mass is 290 g/mol. The Morgan fingerprint density at radius 3 is 1.48 bits per heavy atom. The maximum absolute atomic E-state index is 11.9. The van der Waals surface area contributed by atoms with E-state index in [1.807, 2.05) is 6.92 Å². The lowest BCUT2D eigenvalue weighted by Gasteiger charge is -2.25. The van der Waals surface area contributed by atoms with E-state index in [1.54, 1.807) is 13.8 Å². The quantitative estimate of drug-likeness (QED) is 0.696. The summed E-state index contributed by atoms with van der Waals surface area (Å²) in [5.41, 5.74) is 0.835. The molecule has 0 saturated carbocycles. The van der Waals surface area contributed by atoms with Gasteiger partial charge in [-0.1, -0.05) is 6.92 Å². The van der Waals surface area contributed by atoms with Crippen LogP contribution in [-0.2, 0) is 19.2 Å². The average molecular weight is 290 g/mol. The molecule has 0 saturated heterocycles. The van der Waals surface area contributed by atoms with E-state index in [2.05, 4.69) is 0 Å². The number of imide groups is 2. The Kier molecular flexibility index (Phi) is 4.06. The van der Waals surface area contributed by atoms with E-state index in [1.165, 1.54) is 22.0 Å². The second-order valence-electron chi connectivity index (χ2n) is 5.44. The highest BCUT2D eigenvalue weighted by atomic mass is 16.2. The van der Waals surface area contributed by atoms with Crippen molar-refractivity contribution in [3.05, 3.63) is 23.3 Å². The van der Waals surface area contributed by atoms with Gasteiger partial charge in [-0.15, -0.1) is 0 Å². The molecule has 2 aliphatic rings. The van der Waals surface area contributed by atoms with Crippen LogP contribution in [0.5, 0.6) is 0 Å². The smallest absolute Gasteiger partial charge is 0.256 e. The lowest BCUT2D eigenvalue weighted by Crippen LogP contribution is -2.42. The van der Waals surface area contributed by atoms with E-state index in [0.717, 1.165) is 0 Å². The van der Waals surface area contributed by atoms with Crippen LogP contribution in [0.3, 0.4) is 0 Å². The summed E-state index contributed by atoms with van der Waals surface area (Å²) in [5.74, 6) is -1.38. The Labute approximate surface area is 123 Å². The molecule has 0 aromatic carbocycles. The molecule has 112 valence electrons. The van der Waals surface area contributed by atoms with E-state index < -0.39 is 0 Å². The summed E-state index contributed by atoms with van der Waals surface area (Å²) in [5, 5.41) is 0. The van der Waals surface area contributed by atoms with Crippen molar-refractivity contribution in [2.24, 2.45) is 5.92 Å². The van der Waals surface area contributed by atoms with Crippen molar-refractivity contribution < 1.29 is 19.2 Å². The van der Waals surface area contributed by atoms with Gasteiger partial charge in [-0.2, -0.15) is 0 Å². The number of nitrogens with zero attached hydrogens (tertiary/aromatic N) is 2. The van der Waals surface area contributed by atoms with Crippen LogP contribution in [0.15, 0.2) is 23.3 Å². The molecule has 21 heavy (non-hydrogen) atoms. The summed E-state index contributed by atoms with van der Waals surface area (Å²) in [6, 6.07) is 0. The van der Waals surface area contributed by atoms with Crippen LogP contribution >= 0.6 is 0 Å². The molecule has 0 aliphatic carbocycles. The molecule has 4 amide bonds. The van der Waals surface area contributed by atoms with Gasteiger partial charge in [-0.25, -0.2) is 0 Å². The van der Waals surface area contributed by atoms with Crippen molar-refractivity contribution in [2.75, 3.05) is 13.1 Å². The van der Waals surface area contributed by atoms with Crippen LogP contribution in [0, 0.1) is 5.92 Å². The second kappa shape index (κ2) is 5.63. The first-order chi connectivity index (χ1) is 9.85. The van der Waals surface area contributed by atoms with Crippen LogP contribution in [0.4, 0.5) is 0 Å². The third-order valence-corrected chi connectivity index (χ3v) is 3.84. The average Bonchev–Trinajstić information content (AvgIpc) is 2.81. The number of hydrogen-bond donors (Lipinski definition) is 0. The Hall–Kier alpha value is -2.24. The molecule has 2 aliphatic heterocycles. The highest BCUT2D eigenvalue weighted by Gasteiger charge is 2.34. The minimum absolute atomic E-state index is 0.121. The van der Waals surface area contributed by atoms with Crippen LogP contribution < -0.4 is 0 Å². The van der Waals surface area contributed by atoms with Crippen molar-refractivity contribution in [2.45, 2.75) is 27.2 Å². The fraction of sp³-hybridized carbons (Fsp3) is 0.467. The molecule has 6 nitrogen and oxygen atoms in total. The SMILES string of the molecule is CCC(CN1C(=O)C=C(C)C1=O)CN1C(=O)C=C(C)C1=O. The molecule has 0 N–H and O–H groups in total. The van der Waals surface area contributed by atoms with Gasteiger partial charge in [0.25, 0.3) is 23.6 Å². The number of carbonyl (C=O) groups is 4. The lowest BCUT2D eigenvalue weighted by atomic mass is 10.1.